The van der Waals surface area contributed by atoms with Gasteiger partial charge in [0.05, 0.1) is 13.3 Å². The molecule has 0 fully saturated rings. The van der Waals surface area contributed by atoms with Gasteiger partial charge in [0.15, 0.2) is 5.78 Å². The van der Waals surface area contributed by atoms with E-state index in [9.17, 15) is 4.79 Å². The Balaban J connectivity index is 1.58. The van der Waals surface area contributed by atoms with E-state index in [1.54, 1.807) is 18.0 Å². The second-order valence-corrected chi connectivity index (χ2v) is 6.12. The second-order valence-electron chi connectivity index (χ2n) is 6.12. The molecule has 0 unspecified atom stereocenters. The lowest BCUT2D eigenvalue weighted by atomic mass is 10.1. The van der Waals surface area contributed by atoms with Crippen molar-refractivity contribution in [2.75, 3.05) is 7.11 Å². The average Bonchev–Trinajstić information content (AvgIpc) is 3.25. The van der Waals surface area contributed by atoms with E-state index in [0.717, 1.165) is 33.6 Å². The molecule has 0 spiro atoms. The number of aryl methyl sites for hydroxylation is 1. The number of rotatable bonds is 5. The minimum absolute atomic E-state index is 0.00568. The van der Waals surface area contributed by atoms with Crippen LogP contribution in [0.25, 0.3) is 22.2 Å². The molecule has 130 valence electrons. The van der Waals surface area contributed by atoms with E-state index in [0.29, 0.717) is 5.56 Å². The molecule has 0 atom stereocenters. The molecule has 0 amide bonds. The minimum Gasteiger partial charge on any atom is -0.497 e. The lowest BCUT2D eigenvalue weighted by Crippen LogP contribution is -2.11. The summed E-state index contributed by atoms with van der Waals surface area (Å²) in [4.78, 5) is 16.1. The standard InChI is InChI=1S/C20H18N4O2/c1-13-20(16-5-3-4-6-17(16)21-13)19(25)12-24-11-18(22-23-24)14-7-9-15(26-2)10-8-14/h3-11,21H,12H2,1-2H3. The number of para-hydroxylation sites is 1. The molecular formula is C20H18N4O2. The number of nitrogens with zero attached hydrogens (tertiary/aromatic N) is 3. The Morgan fingerprint density at radius 1 is 1.15 bits per heavy atom. The number of fused-ring (bicyclic) bond motifs is 1. The number of aromatic amines is 1. The van der Waals surface area contributed by atoms with Gasteiger partial charge < -0.3 is 9.72 Å². The first-order chi connectivity index (χ1) is 12.7. The molecule has 0 saturated heterocycles. The van der Waals surface area contributed by atoms with Gasteiger partial charge in [-0.15, -0.1) is 5.10 Å². The maximum atomic E-state index is 12.8. The van der Waals surface area contributed by atoms with Gasteiger partial charge in [0.25, 0.3) is 0 Å². The number of benzene rings is 2. The van der Waals surface area contributed by atoms with Crippen LogP contribution in [0.2, 0.25) is 0 Å². The number of hydrogen-bond acceptors (Lipinski definition) is 4. The fourth-order valence-corrected chi connectivity index (χ4v) is 3.13. The van der Waals surface area contributed by atoms with E-state index in [1.165, 1.54) is 0 Å². The van der Waals surface area contributed by atoms with Crippen molar-refractivity contribution in [2.45, 2.75) is 13.5 Å². The first kappa shape index (κ1) is 16.1. The van der Waals surface area contributed by atoms with Gasteiger partial charge in [0.2, 0.25) is 0 Å². The van der Waals surface area contributed by atoms with E-state index in [4.69, 9.17) is 4.74 Å². The molecule has 2 aromatic heterocycles. The van der Waals surface area contributed by atoms with Crippen LogP contribution in [0.1, 0.15) is 16.1 Å². The van der Waals surface area contributed by atoms with Crippen molar-refractivity contribution >= 4 is 16.7 Å². The highest BCUT2D eigenvalue weighted by Crippen LogP contribution is 2.23. The van der Waals surface area contributed by atoms with Gasteiger partial charge in [-0.2, -0.15) is 0 Å². The number of hydrogen-bond donors (Lipinski definition) is 1. The molecule has 1 N–H and O–H groups in total. The normalized spacial score (nSPS) is 11.0. The third-order valence-electron chi connectivity index (χ3n) is 4.40. The van der Waals surface area contributed by atoms with Crippen LogP contribution >= 0.6 is 0 Å². The second kappa shape index (κ2) is 6.48. The number of carbonyl (C=O) groups excluding carboxylic acids is 1. The minimum atomic E-state index is 0.00568. The van der Waals surface area contributed by atoms with Gasteiger partial charge in [-0.05, 0) is 37.3 Å². The van der Waals surface area contributed by atoms with Crippen molar-refractivity contribution in [1.82, 2.24) is 20.0 Å². The summed E-state index contributed by atoms with van der Waals surface area (Å²) in [7, 11) is 1.63. The maximum Gasteiger partial charge on any atom is 0.186 e. The van der Waals surface area contributed by atoms with Crippen molar-refractivity contribution in [2.24, 2.45) is 0 Å². The first-order valence-electron chi connectivity index (χ1n) is 8.31. The van der Waals surface area contributed by atoms with Crippen LogP contribution in [0.3, 0.4) is 0 Å². The molecule has 2 heterocycles. The fraction of sp³-hybridized carbons (Fsp3) is 0.150. The summed E-state index contributed by atoms with van der Waals surface area (Å²) in [6.07, 6.45) is 1.78. The zero-order valence-electron chi connectivity index (χ0n) is 14.6. The quantitative estimate of drug-likeness (QED) is 0.560. The van der Waals surface area contributed by atoms with Crippen molar-refractivity contribution in [1.29, 1.82) is 0 Å². The van der Waals surface area contributed by atoms with Gasteiger partial charge >= 0.3 is 0 Å². The molecule has 6 nitrogen and oxygen atoms in total. The number of ether oxygens (including phenoxy) is 1. The molecule has 0 aliphatic heterocycles. The first-order valence-corrected chi connectivity index (χ1v) is 8.31. The van der Waals surface area contributed by atoms with Crippen LogP contribution in [0, 0.1) is 6.92 Å². The molecular weight excluding hydrogens is 328 g/mol. The number of nitrogens with one attached hydrogen (secondary N) is 1. The predicted octanol–water partition coefficient (Wildman–Crippen LogP) is 3.63. The molecule has 0 radical (unpaired) electrons. The summed E-state index contributed by atoms with van der Waals surface area (Å²) >= 11 is 0. The van der Waals surface area contributed by atoms with E-state index in [-0.39, 0.29) is 12.3 Å². The summed E-state index contributed by atoms with van der Waals surface area (Å²) in [6, 6.07) is 15.4. The summed E-state index contributed by atoms with van der Waals surface area (Å²) in [6.45, 7) is 2.06. The summed E-state index contributed by atoms with van der Waals surface area (Å²) < 4.78 is 6.73. The highest BCUT2D eigenvalue weighted by molar-refractivity contribution is 6.09. The molecule has 0 saturated carbocycles. The van der Waals surface area contributed by atoms with Crippen LogP contribution in [-0.2, 0) is 6.54 Å². The van der Waals surface area contributed by atoms with E-state index in [2.05, 4.69) is 15.3 Å². The van der Waals surface area contributed by atoms with Crippen molar-refractivity contribution in [3.63, 3.8) is 0 Å². The predicted molar refractivity (Wildman–Crippen MR) is 99.4 cm³/mol. The highest BCUT2D eigenvalue weighted by Gasteiger charge is 2.17. The summed E-state index contributed by atoms with van der Waals surface area (Å²) in [5.41, 5.74) is 4.18. The van der Waals surface area contributed by atoms with Gasteiger partial charge in [-0.1, -0.05) is 23.4 Å². The number of aromatic nitrogens is 4. The molecule has 4 aromatic rings. The zero-order chi connectivity index (χ0) is 18.1. The Bertz CT molecular complexity index is 1080. The number of carbonyl (C=O) groups is 1. The largest absolute Gasteiger partial charge is 0.497 e. The number of methoxy groups -OCH3 is 1. The van der Waals surface area contributed by atoms with Crippen LogP contribution in [0.4, 0.5) is 0 Å². The Kier molecular flexibility index (Phi) is 4.01. The highest BCUT2D eigenvalue weighted by atomic mass is 16.5. The van der Waals surface area contributed by atoms with Gasteiger partial charge in [-0.3, -0.25) is 4.79 Å². The van der Waals surface area contributed by atoms with Gasteiger partial charge in [0.1, 0.15) is 18.0 Å². The number of ketones is 1. The van der Waals surface area contributed by atoms with Crippen LogP contribution in [0.15, 0.2) is 54.7 Å². The average molecular weight is 346 g/mol. The Morgan fingerprint density at radius 3 is 2.69 bits per heavy atom. The monoisotopic (exact) mass is 346 g/mol. The molecule has 4 rings (SSSR count). The molecule has 0 aliphatic rings. The smallest absolute Gasteiger partial charge is 0.186 e. The van der Waals surface area contributed by atoms with Crippen LogP contribution in [-0.4, -0.2) is 32.9 Å². The summed E-state index contributed by atoms with van der Waals surface area (Å²) in [5, 5.41) is 9.21. The van der Waals surface area contributed by atoms with E-state index < -0.39 is 0 Å². The Morgan fingerprint density at radius 2 is 1.92 bits per heavy atom. The van der Waals surface area contributed by atoms with Gasteiger partial charge in [-0.25, -0.2) is 4.68 Å². The van der Waals surface area contributed by atoms with E-state index >= 15 is 0 Å². The maximum absolute atomic E-state index is 12.8. The van der Waals surface area contributed by atoms with Crippen molar-refractivity contribution in [3.8, 4) is 17.0 Å². The molecule has 26 heavy (non-hydrogen) atoms. The molecule has 0 aliphatic carbocycles. The Labute approximate surface area is 150 Å². The topological polar surface area (TPSA) is 72.8 Å². The molecule has 6 heteroatoms. The van der Waals surface area contributed by atoms with Gasteiger partial charge in [0, 0.05) is 27.7 Å². The lowest BCUT2D eigenvalue weighted by Gasteiger charge is -2.01. The van der Waals surface area contributed by atoms with E-state index in [1.807, 2.05) is 55.5 Å². The van der Waals surface area contributed by atoms with Crippen LogP contribution < -0.4 is 4.74 Å². The summed E-state index contributed by atoms with van der Waals surface area (Å²) in [5.74, 6) is 0.789. The number of Topliss-reactive ketones (excluding diaryl/α,β-unsaturated/α-hetero) is 1. The molecule has 0 bridgehead atoms. The van der Waals surface area contributed by atoms with Crippen LogP contribution in [0.5, 0.6) is 5.75 Å². The lowest BCUT2D eigenvalue weighted by molar-refractivity contribution is 0.0968. The van der Waals surface area contributed by atoms with Crippen molar-refractivity contribution in [3.05, 3.63) is 66.0 Å². The third-order valence-corrected chi connectivity index (χ3v) is 4.40. The number of H-pyrrole nitrogens is 1. The SMILES string of the molecule is COc1ccc(-c2cn(CC(=O)c3c(C)[nH]c4ccccc34)nn2)cc1. The van der Waals surface area contributed by atoms with Crippen molar-refractivity contribution < 1.29 is 9.53 Å². The third kappa shape index (κ3) is 2.86. The Hall–Kier alpha value is -3.41. The molecule has 2 aromatic carbocycles. The zero-order valence-corrected chi connectivity index (χ0v) is 14.6. The fourth-order valence-electron chi connectivity index (χ4n) is 3.13.